The normalized spacial score (nSPS) is 11.0. The molecule has 4 rings (SSSR count). The van der Waals surface area contributed by atoms with Gasteiger partial charge >= 0.3 is 5.69 Å². The molecule has 7 nitrogen and oxygen atoms in total. The van der Waals surface area contributed by atoms with Crippen LogP contribution in [0.1, 0.15) is 0 Å². The molecule has 2 N–H and O–H groups in total. The molecule has 124 valence electrons. The van der Waals surface area contributed by atoms with E-state index >= 15 is 0 Å². The minimum absolute atomic E-state index is 0.199. The summed E-state index contributed by atoms with van der Waals surface area (Å²) in [6.45, 7) is 0. The number of fused-ring (bicyclic) bond motifs is 1. The number of hydrogen-bond acceptors (Lipinski definition) is 5. The average Bonchev–Trinajstić information content (AvgIpc) is 2.93. The number of nitrogens with zero attached hydrogens (tertiary/aromatic N) is 4. The highest BCUT2D eigenvalue weighted by molar-refractivity contribution is 6.36. The van der Waals surface area contributed by atoms with E-state index in [1.54, 1.807) is 30.3 Å². The van der Waals surface area contributed by atoms with Crippen LogP contribution in [0.25, 0.3) is 17.0 Å². The molecule has 2 aromatic carbocycles. The first-order chi connectivity index (χ1) is 12.1. The predicted molar refractivity (Wildman–Crippen MR) is 97.0 cm³/mol. The summed E-state index contributed by atoms with van der Waals surface area (Å²) in [6.07, 6.45) is 1.32. The second-order valence-corrected chi connectivity index (χ2v) is 5.98. The summed E-state index contributed by atoms with van der Waals surface area (Å²) >= 11 is 12.0. The van der Waals surface area contributed by atoms with Crippen LogP contribution in [0.5, 0.6) is 0 Å². The molecule has 0 fully saturated rings. The number of rotatable bonds is 3. The molecule has 0 saturated heterocycles. The van der Waals surface area contributed by atoms with Crippen molar-refractivity contribution in [2.24, 2.45) is 0 Å². The van der Waals surface area contributed by atoms with Gasteiger partial charge in [-0.25, -0.2) is 19.3 Å². The first kappa shape index (κ1) is 15.6. The number of halogens is 2. The Labute approximate surface area is 151 Å². The lowest BCUT2D eigenvalue weighted by atomic mass is 10.3. The number of imidazole rings is 1. The van der Waals surface area contributed by atoms with Gasteiger partial charge in [0.2, 0.25) is 11.9 Å². The number of nitrogens with one attached hydrogen (secondary N) is 2. The number of hydrogen-bond donors (Lipinski definition) is 2. The molecule has 0 aliphatic heterocycles. The second kappa shape index (κ2) is 6.19. The first-order valence-electron chi connectivity index (χ1n) is 7.23. The molecule has 9 heteroatoms. The third kappa shape index (κ3) is 2.95. The molecular formula is C16H10Cl2N6O. The summed E-state index contributed by atoms with van der Waals surface area (Å²) in [7, 11) is 0. The van der Waals surface area contributed by atoms with Crippen LogP contribution in [0.3, 0.4) is 0 Å². The van der Waals surface area contributed by atoms with Gasteiger partial charge in [-0.15, -0.1) is 0 Å². The second-order valence-electron chi connectivity index (χ2n) is 5.14. The standard InChI is InChI=1S/C16H10Cl2N6O/c17-9-5-6-11(10(18)7-9)21-14-19-8-20-15(23-14)24-13-4-2-1-3-12(13)22-16(24)25/h1-8H,(H,22,25)(H,19,20,21,23). The zero-order valence-electron chi connectivity index (χ0n) is 12.6. The zero-order chi connectivity index (χ0) is 17.4. The summed E-state index contributed by atoms with van der Waals surface area (Å²) in [6, 6.07) is 12.3. The van der Waals surface area contributed by atoms with E-state index in [0.717, 1.165) is 0 Å². The van der Waals surface area contributed by atoms with E-state index in [-0.39, 0.29) is 17.6 Å². The van der Waals surface area contributed by atoms with Crippen molar-refractivity contribution >= 4 is 45.9 Å². The molecule has 0 radical (unpaired) electrons. The van der Waals surface area contributed by atoms with E-state index in [9.17, 15) is 4.79 Å². The minimum Gasteiger partial charge on any atom is -0.323 e. The monoisotopic (exact) mass is 372 g/mol. The Morgan fingerprint density at radius 3 is 2.76 bits per heavy atom. The van der Waals surface area contributed by atoms with E-state index in [4.69, 9.17) is 23.2 Å². The lowest BCUT2D eigenvalue weighted by molar-refractivity contribution is 0.886. The van der Waals surface area contributed by atoms with Crippen molar-refractivity contribution in [1.29, 1.82) is 0 Å². The molecule has 0 saturated carbocycles. The number of para-hydroxylation sites is 2. The summed E-state index contributed by atoms with van der Waals surface area (Å²) in [5.41, 5.74) is 1.63. The van der Waals surface area contributed by atoms with Crippen LogP contribution < -0.4 is 11.0 Å². The van der Waals surface area contributed by atoms with Crippen LogP contribution in [0, 0.1) is 0 Å². The quantitative estimate of drug-likeness (QED) is 0.573. The largest absolute Gasteiger partial charge is 0.333 e. The molecule has 2 aromatic heterocycles. The van der Waals surface area contributed by atoms with Crippen LogP contribution in [-0.2, 0) is 0 Å². The third-order valence-electron chi connectivity index (χ3n) is 3.53. The molecule has 0 spiro atoms. The van der Waals surface area contributed by atoms with Crippen LogP contribution in [0.4, 0.5) is 11.6 Å². The SMILES string of the molecule is O=c1[nH]c2ccccc2n1-c1ncnc(Nc2ccc(Cl)cc2Cl)n1. The van der Waals surface area contributed by atoms with Crippen LogP contribution in [-0.4, -0.2) is 24.5 Å². The fraction of sp³-hybridized carbons (Fsp3) is 0. The van der Waals surface area contributed by atoms with E-state index in [1.165, 1.54) is 10.9 Å². The lowest BCUT2D eigenvalue weighted by Crippen LogP contribution is -2.18. The Hall–Kier alpha value is -2.90. The van der Waals surface area contributed by atoms with E-state index in [2.05, 4.69) is 25.3 Å². The molecule has 0 unspecified atom stereocenters. The van der Waals surface area contributed by atoms with Gasteiger partial charge < -0.3 is 10.3 Å². The van der Waals surface area contributed by atoms with Crippen molar-refractivity contribution < 1.29 is 0 Å². The number of H-pyrrole nitrogens is 1. The molecule has 0 atom stereocenters. The van der Waals surface area contributed by atoms with Gasteiger partial charge in [0, 0.05) is 5.02 Å². The maximum Gasteiger partial charge on any atom is 0.333 e. The molecule has 2 heterocycles. The molecule has 0 aliphatic carbocycles. The van der Waals surface area contributed by atoms with Gasteiger partial charge in [-0.3, -0.25) is 0 Å². The first-order valence-corrected chi connectivity index (χ1v) is 7.99. The van der Waals surface area contributed by atoms with Crippen LogP contribution in [0.15, 0.2) is 53.6 Å². The highest BCUT2D eigenvalue weighted by atomic mass is 35.5. The smallest absolute Gasteiger partial charge is 0.323 e. The van der Waals surface area contributed by atoms with Crippen LogP contribution >= 0.6 is 23.2 Å². The zero-order valence-corrected chi connectivity index (χ0v) is 14.1. The van der Waals surface area contributed by atoms with Crippen molar-refractivity contribution in [2.45, 2.75) is 0 Å². The Morgan fingerprint density at radius 1 is 1.08 bits per heavy atom. The van der Waals surface area contributed by atoms with Crippen molar-refractivity contribution in [3.63, 3.8) is 0 Å². The fourth-order valence-electron chi connectivity index (χ4n) is 2.42. The van der Waals surface area contributed by atoms with Gasteiger partial charge in [0.05, 0.1) is 21.7 Å². The van der Waals surface area contributed by atoms with E-state index < -0.39 is 0 Å². The maximum atomic E-state index is 12.3. The number of aromatic nitrogens is 5. The molecular weight excluding hydrogens is 363 g/mol. The Balaban J connectivity index is 1.77. The van der Waals surface area contributed by atoms with Crippen molar-refractivity contribution in [3.8, 4) is 5.95 Å². The van der Waals surface area contributed by atoms with Gasteiger partial charge in [0.1, 0.15) is 6.33 Å². The fourth-order valence-corrected chi connectivity index (χ4v) is 2.88. The Morgan fingerprint density at radius 2 is 1.92 bits per heavy atom. The van der Waals surface area contributed by atoms with Gasteiger partial charge in [0.25, 0.3) is 0 Å². The van der Waals surface area contributed by atoms with Crippen LogP contribution in [0.2, 0.25) is 10.0 Å². The summed E-state index contributed by atoms with van der Waals surface area (Å²) in [5, 5.41) is 3.95. The van der Waals surface area contributed by atoms with Crippen molar-refractivity contribution in [3.05, 3.63) is 69.3 Å². The number of anilines is 2. The summed E-state index contributed by atoms with van der Waals surface area (Å²) in [5.74, 6) is 0.455. The lowest BCUT2D eigenvalue weighted by Gasteiger charge is -2.08. The predicted octanol–water partition coefficient (Wildman–Crippen LogP) is 3.55. The summed E-state index contributed by atoms with van der Waals surface area (Å²) in [4.78, 5) is 27.5. The molecule has 0 bridgehead atoms. The topological polar surface area (TPSA) is 88.5 Å². The van der Waals surface area contributed by atoms with Gasteiger partial charge in [-0.2, -0.15) is 4.98 Å². The minimum atomic E-state index is -0.331. The average molecular weight is 373 g/mol. The molecule has 25 heavy (non-hydrogen) atoms. The van der Waals surface area contributed by atoms with Gasteiger partial charge in [-0.05, 0) is 30.3 Å². The van der Waals surface area contributed by atoms with Crippen molar-refractivity contribution in [2.75, 3.05) is 5.32 Å². The van der Waals surface area contributed by atoms with Crippen molar-refractivity contribution in [1.82, 2.24) is 24.5 Å². The Kier molecular flexibility index (Phi) is 3.87. The highest BCUT2D eigenvalue weighted by Gasteiger charge is 2.12. The highest BCUT2D eigenvalue weighted by Crippen LogP contribution is 2.27. The Bertz CT molecular complexity index is 1140. The van der Waals surface area contributed by atoms with Gasteiger partial charge in [0.15, 0.2) is 0 Å². The van der Waals surface area contributed by atoms with Gasteiger partial charge in [-0.1, -0.05) is 35.3 Å². The molecule has 0 amide bonds. The summed E-state index contributed by atoms with van der Waals surface area (Å²) < 4.78 is 1.38. The van der Waals surface area contributed by atoms with E-state index in [1.807, 2.05) is 12.1 Å². The third-order valence-corrected chi connectivity index (χ3v) is 4.07. The number of aromatic amines is 1. The molecule has 4 aromatic rings. The maximum absolute atomic E-state index is 12.3. The number of benzene rings is 2. The van der Waals surface area contributed by atoms with E-state index in [0.29, 0.717) is 26.8 Å². The molecule has 0 aliphatic rings.